The molecule has 0 aromatic heterocycles. The summed E-state index contributed by atoms with van der Waals surface area (Å²) in [6.45, 7) is 2.23. The molecule has 90 valence electrons. The molecule has 0 aliphatic rings. The third-order valence-electron chi connectivity index (χ3n) is 2.49. The van der Waals surface area contributed by atoms with Gasteiger partial charge in [-0.1, -0.05) is 58.3 Å². The molecule has 0 heterocycles. The molecule has 0 radical (unpaired) electrons. The van der Waals surface area contributed by atoms with Gasteiger partial charge in [-0.2, -0.15) is 0 Å². The smallest absolute Gasteiger partial charge is 0.303 e. The van der Waals surface area contributed by atoms with E-state index in [1.807, 2.05) is 0 Å². The van der Waals surface area contributed by atoms with Crippen molar-refractivity contribution in [2.24, 2.45) is 0 Å². The monoisotopic (exact) mass is 352 g/mol. The molecule has 0 bridgehead atoms. The Morgan fingerprint density at radius 3 is 1.67 bits per heavy atom. The van der Waals surface area contributed by atoms with E-state index < -0.39 is 5.97 Å². The van der Waals surface area contributed by atoms with E-state index in [0.717, 1.165) is 12.8 Å². The van der Waals surface area contributed by atoms with Crippen molar-refractivity contribution in [3.05, 3.63) is 0 Å². The van der Waals surface area contributed by atoms with Crippen LogP contribution in [0.2, 0.25) is 0 Å². The van der Waals surface area contributed by atoms with Crippen LogP contribution in [-0.2, 0) is 4.79 Å². The molecule has 0 saturated heterocycles. The Morgan fingerprint density at radius 2 is 1.27 bits per heavy atom. The topological polar surface area (TPSA) is 37.3 Å². The predicted molar refractivity (Wildman–Crippen MR) is 59.5 cm³/mol. The van der Waals surface area contributed by atoms with Gasteiger partial charge in [-0.05, 0) is 6.42 Å². The van der Waals surface area contributed by atoms with Gasteiger partial charge < -0.3 is 5.11 Å². The first-order chi connectivity index (χ1) is 6.77. The molecule has 0 aliphatic carbocycles. The van der Waals surface area contributed by atoms with Crippen LogP contribution in [0.4, 0.5) is 0 Å². The number of hydrogen-bond acceptors (Lipinski definition) is 1. The summed E-state index contributed by atoms with van der Waals surface area (Å²) in [6, 6.07) is 0. The molecule has 2 nitrogen and oxygen atoms in total. The SMILES string of the molecule is CCCCCCCCCCCC(=O)O.[Sm]. The number of hydrogen-bond donors (Lipinski definition) is 1. The molecule has 0 aromatic rings. The Balaban J connectivity index is 0. The molecule has 0 unspecified atom stereocenters. The van der Waals surface area contributed by atoms with E-state index >= 15 is 0 Å². The summed E-state index contributed by atoms with van der Waals surface area (Å²) in [4.78, 5) is 10.2. The zero-order valence-electron chi connectivity index (χ0n) is 9.83. The van der Waals surface area contributed by atoms with Crippen LogP contribution < -0.4 is 0 Å². The first-order valence-corrected chi connectivity index (χ1v) is 5.99. The van der Waals surface area contributed by atoms with E-state index in [9.17, 15) is 4.79 Å². The first-order valence-electron chi connectivity index (χ1n) is 5.99. The van der Waals surface area contributed by atoms with Gasteiger partial charge >= 0.3 is 5.97 Å². The number of carboxylic acid groups (broad SMARTS) is 1. The van der Waals surface area contributed by atoms with Gasteiger partial charge in [0, 0.05) is 46.8 Å². The summed E-state index contributed by atoms with van der Waals surface area (Å²) in [5.74, 6) is -0.659. The van der Waals surface area contributed by atoms with E-state index in [0.29, 0.717) is 6.42 Å². The van der Waals surface area contributed by atoms with Gasteiger partial charge in [0.05, 0.1) is 0 Å². The number of carbonyl (C=O) groups is 1. The molecule has 0 fully saturated rings. The van der Waals surface area contributed by atoms with Crippen LogP contribution in [0, 0.1) is 40.4 Å². The van der Waals surface area contributed by atoms with Crippen molar-refractivity contribution in [2.45, 2.75) is 71.1 Å². The van der Waals surface area contributed by atoms with E-state index in [1.54, 1.807) is 0 Å². The van der Waals surface area contributed by atoms with Crippen LogP contribution in [0.1, 0.15) is 71.1 Å². The first kappa shape index (κ1) is 18.2. The van der Waals surface area contributed by atoms with E-state index in [-0.39, 0.29) is 40.4 Å². The molecule has 0 atom stereocenters. The molecular formula is C12H24O2Sm. The largest absolute Gasteiger partial charge is 0.481 e. The molecule has 0 rings (SSSR count). The average molecular weight is 351 g/mol. The van der Waals surface area contributed by atoms with Gasteiger partial charge in [-0.3, -0.25) is 4.79 Å². The molecule has 3 heteroatoms. The number of rotatable bonds is 10. The minimum absolute atomic E-state index is 0. The number of unbranched alkanes of at least 4 members (excludes halogenated alkanes) is 8. The molecule has 0 saturated carbocycles. The van der Waals surface area contributed by atoms with Crippen LogP contribution in [0.5, 0.6) is 0 Å². The summed E-state index contributed by atoms with van der Waals surface area (Å²) in [6.07, 6.45) is 11.5. The second kappa shape index (κ2) is 14.8. The van der Waals surface area contributed by atoms with Gasteiger partial charge in [0.25, 0.3) is 0 Å². The van der Waals surface area contributed by atoms with Gasteiger partial charge in [-0.25, -0.2) is 0 Å². The minimum Gasteiger partial charge on any atom is -0.481 e. The Morgan fingerprint density at radius 1 is 0.867 bits per heavy atom. The molecule has 0 aliphatic heterocycles. The van der Waals surface area contributed by atoms with Crippen molar-refractivity contribution in [3.63, 3.8) is 0 Å². The van der Waals surface area contributed by atoms with Crippen LogP contribution in [-0.4, -0.2) is 11.1 Å². The van der Waals surface area contributed by atoms with Crippen molar-refractivity contribution in [2.75, 3.05) is 0 Å². The standard InChI is InChI=1S/C12H24O2.Sm/c1-2-3-4-5-6-7-8-9-10-11-12(13)14;/h2-11H2,1H3,(H,13,14);. The molecule has 0 amide bonds. The summed E-state index contributed by atoms with van der Waals surface area (Å²) in [7, 11) is 0. The van der Waals surface area contributed by atoms with Crippen molar-refractivity contribution >= 4 is 5.97 Å². The zero-order chi connectivity index (χ0) is 10.6. The molecule has 15 heavy (non-hydrogen) atoms. The Kier molecular flexibility index (Phi) is 17.9. The van der Waals surface area contributed by atoms with Crippen LogP contribution >= 0.6 is 0 Å². The van der Waals surface area contributed by atoms with Gasteiger partial charge in [0.2, 0.25) is 0 Å². The summed E-state index contributed by atoms with van der Waals surface area (Å²) < 4.78 is 0. The number of aliphatic carboxylic acids is 1. The summed E-state index contributed by atoms with van der Waals surface area (Å²) in [5, 5.41) is 8.41. The van der Waals surface area contributed by atoms with Gasteiger partial charge in [0.1, 0.15) is 0 Å². The van der Waals surface area contributed by atoms with Crippen molar-refractivity contribution in [3.8, 4) is 0 Å². The maximum atomic E-state index is 10.2. The maximum Gasteiger partial charge on any atom is 0.303 e. The Bertz CT molecular complexity index is 138. The Labute approximate surface area is 126 Å². The second-order valence-electron chi connectivity index (χ2n) is 3.97. The van der Waals surface area contributed by atoms with E-state index in [1.165, 1.54) is 44.9 Å². The molecule has 1 N–H and O–H groups in total. The third-order valence-corrected chi connectivity index (χ3v) is 2.49. The van der Waals surface area contributed by atoms with Gasteiger partial charge in [0.15, 0.2) is 0 Å². The number of carboxylic acids is 1. The van der Waals surface area contributed by atoms with Crippen LogP contribution in [0.15, 0.2) is 0 Å². The normalized spacial score (nSPS) is 9.67. The maximum absolute atomic E-state index is 10.2. The van der Waals surface area contributed by atoms with Crippen molar-refractivity contribution in [1.82, 2.24) is 0 Å². The average Bonchev–Trinajstić information content (AvgIpc) is 2.15. The molecule has 0 spiro atoms. The van der Waals surface area contributed by atoms with E-state index in [2.05, 4.69) is 6.92 Å². The quantitative estimate of drug-likeness (QED) is 0.605. The second-order valence-corrected chi connectivity index (χ2v) is 3.97. The van der Waals surface area contributed by atoms with Crippen LogP contribution in [0.3, 0.4) is 0 Å². The Hall–Kier alpha value is 0.808. The molecule has 0 aromatic carbocycles. The molecular weight excluding hydrogens is 326 g/mol. The third kappa shape index (κ3) is 17.4. The van der Waals surface area contributed by atoms with Crippen molar-refractivity contribution in [1.29, 1.82) is 0 Å². The predicted octanol–water partition coefficient (Wildman–Crippen LogP) is 3.99. The van der Waals surface area contributed by atoms with Gasteiger partial charge in [-0.15, -0.1) is 0 Å². The fourth-order valence-electron chi connectivity index (χ4n) is 1.59. The van der Waals surface area contributed by atoms with E-state index in [4.69, 9.17) is 5.11 Å². The fraction of sp³-hybridized carbons (Fsp3) is 0.917. The summed E-state index contributed by atoms with van der Waals surface area (Å²) in [5.41, 5.74) is 0. The fourth-order valence-corrected chi connectivity index (χ4v) is 1.59. The zero-order valence-corrected chi connectivity index (χ0v) is 12.5. The minimum atomic E-state index is -0.659. The summed E-state index contributed by atoms with van der Waals surface area (Å²) >= 11 is 0. The van der Waals surface area contributed by atoms with Crippen molar-refractivity contribution < 1.29 is 50.3 Å². The van der Waals surface area contributed by atoms with Crippen LogP contribution in [0.25, 0.3) is 0 Å².